The molecule has 40 heteroatoms. The summed E-state index contributed by atoms with van der Waals surface area (Å²) in [7, 11) is 0. The molecule has 0 aliphatic carbocycles. The average molecular weight is 2050 g/mol. The summed E-state index contributed by atoms with van der Waals surface area (Å²) < 4.78 is 63.5. The molecule has 0 unspecified atom stereocenters. The summed E-state index contributed by atoms with van der Waals surface area (Å²) in [5.41, 5.74) is 9.34. The zero-order chi connectivity index (χ0) is 104. The molecule has 38 nitrogen and oxygen atoms in total. The fourth-order valence-electron chi connectivity index (χ4n) is 13.0. The molecule has 2 amide bonds. The van der Waals surface area contributed by atoms with Crippen molar-refractivity contribution in [2.45, 2.75) is 168 Å². The molecule has 3 saturated heterocycles. The van der Waals surface area contributed by atoms with Gasteiger partial charge >= 0.3 is 84.0 Å². The number of benzene rings is 5. The summed E-state index contributed by atoms with van der Waals surface area (Å²) in [6.45, 7) is 31.7. The first-order valence-electron chi connectivity index (χ1n) is 46.2. The van der Waals surface area contributed by atoms with Crippen molar-refractivity contribution in [1.29, 1.82) is 0 Å². The van der Waals surface area contributed by atoms with Crippen LogP contribution < -0.4 is 52.0 Å². The van der Waals surface area contributed by atoms with Gasteiger partial charge < -0.3 is 73.2 Å². The summed E-state index contributed by atoms with van der Waals surface area (Å²) in [6, 6.07) is 35.8. The van der Waals surface area contributed by atoms with Crippen LogP contribution in [0.1, 0.15) is 168 Å². The Morgan fingerprint density at radius 3 is 1.15 bits per heavy atom. The predicted octanol–water partition coefficient (Wildman–Crippen LogP) is 9.23. The van der Waals surface area contributed by atoms with Crippen LogP contribution in [0.15, 0.2) is 205 Å². The molecule has 4 N–H and O–H groups in total. The van der Waals surface area contributed by atoms with Gasteiger partial charge in [-0.1, -0.05) is 129 Å². The minimum atomic E-state index is -1.34. The Bertz CT molecular complexity index is 5660. The Kier molecular flexibility index (Phi) is 60.8. The number of aryl methyl sites for hydroxylation is 5. The van der Waals surface area contributed by atoms with E-state index in [1.54, 1.807) is 135 Å². The fraction of sp³-hybridized carbons (Fsp3) is 0.427. The van der Waals surface area contributed by atoms with E-state index in [4.69, 9.17) is 43.6 Å². The minimum Gasteiger partial charge on any atom is -0.870 e. The van der Waals surface area contributed by atoms with Gasteiger partial charge in [0.05, 0.1) is 82.2 Å². The number of esters is 8. The van der Waals surface area contributed by atoms with E-state index in [9.17, 15) is 86.6 Å². The number of alkyl halides is 1. The molecule has 0 radical (unpaired) electrons. The number of hydrogen-bond donors (Lipinski definition) is 2. The van der Waals surface area contributed by atoms with Crippen molar-refractivity contribution in [3.63, 3.8) is 0 Å². The number of aromatic nitrogens is 4. The molecule has 0 bridgehead atoms. The molecule has 0 spiro atoms. The summed E-state index contributed by atoms with van der Waals surface area (Å²) in [5.74, 6) is -7.01. The van der Waals surface area contributed by atoms with Crippen molar-refractivity contribution in [2.75, 3.05) is 109 Å². The van der Waals surface area contributed by atoms with Crippen LogP contribution >= 0.6 is 15.9 Å². The Morgan fingerprint density at radius 2 is 0.797 bits per heavy atom. The maximum atomic E-state index is 13.0. The quantitative estimate of drug-likeness (QED) is 0.00339. The van der Waals surface area contributed by atoms with Gasteiger partial charge in [-0.05, 0) is 207 Å². The Labute approximate surface area is 850 Å². The van der Waals surface area contributed by atoms with Gasteiger partial charge in [0.2, 0.25) is 12.0 Å². The largest absolute Gasteiger partial charge is 1.00 e. The van der Waals surface area contributed by atoms with Crippen molar-refractivity contribution < 1.29 is 149 Å². The van der Waals surface area contributed by atoms with Crippen LogP contribution in [0.2, 0.25) is 0 Å². The van der Waals surface area contributed by atoms with E-state index >= 15 is 0 Å². The second kappa shape index (κ2) is 69.3. The molecule has 2 aromatic heterocycles. The number of imide groups is 1. The normalized spacial score (nSPS) is 12.8. The van der Waals surface area contributed by atoms with Gasteiger partial charge in [-0.3, -0.25) is 33.1 Å². The number of nitrogens with zero attached hydrogens (tertiary/aromatic N) is 6. The zero-order valence-corrected chi connectivity index (χ0v) is 85.3. The van der Waals surface area contributed by atoms with E-state index in [0.29, 0.717) is 68.9 Å². The number of hydrogen-bond acceptors (Lipinski definition) is 32. The first-order valence-corrected chi connectivity index (χ1v) is 47.3. The average Bonchev–Trinajstić information content (AvgIpc) is 0.575. The number of ether oxygens (including phenoxy) is 12. The number of halogens is 1. The smallest absolute Gasteiger partial charge is 0.870 e. The molecular weight excluding hydrogens is 1920 g/mol. The van der Waals surface area contributed by atoms with Crippen LogP contribution in [0, 0.1) is 52.4 Å². The van der Waals surface area contributed by atoms with Gasteiger partial charge in [-0.15, -0.1) is 0 Å². The second-order valence-corrected chi connectivity index (χ2v) is 31.8. The van der Waals surface area contributed by atoms with E-state index < -0.39 is 87.7 Å². The van der Waals surface area contributed by atoms with E-state index in [0.717, 1.165) is 116 Å². The maximum Gasteiger partial charge on any atom is 1.00 e. The van der Waals surface area contributed by atoms with Crippen LogP contribution in [0.4, 0.5) is 11.4 Å². The third kappa shape index (κ3) is 43.4. The number of carboxylic acids is 1. The van der Waals surface area contributed by atoms with Crippen molar-refractivity contribution in [3.8, 4) is 11.4 Å². The van der Waals surface area contributed by atoms with Gasteiger partial charge in [0, 0.05) is 95.9 Å². The van der Waals surface area contributed by atoms with Crippen LogP contribution in [-0.2, 0) is 129 Å². The summed E-state index contributed by atoms with van der Waals surface area (Å²) in [6.07, 6.45) is 14.5. The van der Waals surface area contributed by atoms with Crippen molar-refractivity contribution in [2.24, 2.45) is 28.5 Å². The SMILES string of the molecule is BrCC1CCOCC1.CCOC(=O)C(=CCC(=O)Cc1ccc(C)cc1)C(=O)OCC.CCOC(=O)C(=CN)C(=O)OCC.CCOC(=O)C1=CCC(=O)N(c2ccc(C)cc2)C1=O.CCOC(=O)c1cn(CC2CCOCC2)c(=O)n(-c2ccc(C)cc2)c1=O.CCOC=C(C(=O)OCC)C(=O)OCC.Cc1ccc(-n2c(=O)c(C(=O)O)cn(CC3CCOCC3)c2=O)cc1.Cc1ccc(N=C=O)cc1.[Li+].[OH-]. The third-order valence-corrected chi connectivity index (χ3v) is 21.4. The van der Waals surface area contributed by atoms with Gasteiger partial charge in [0.25, 0.3) is 17.0 Å². The number of allylic oxidation sites excluding steroid dienone is 1. The standard InChI is InChI=1S/C20H24N2O5.C18H20N2O5.C18H22O5.C15H15NO4.C10H16O5.C8H13NO4.C8H7NO.C6H11BrO.Li.H2O/c1-3-27-19(24)17-13-21(12-15-8-10-26-11-9-15)20(25)22(18(17)23)16-6-4-14(2)5-7-16;1-12-2-4-14(5-3-12)20-16(21)15(17(22)23)11-19(18(20)24)10-13-6-8-25-9-7-13;1-4-22-17(20)16(18(21)23-5-2)11-10-15(19)12-14-8-6-13(3)7-9-14;1-3-20-15(19)12-8-9-13(17)16(14(12)18)11-6-4-10(2)5-7-11;1-4-13-7-8(9(11)14-5-2)10(12)15-6-3;1-3-12-7(10)6(5-9)8(11)13-4-2;1-7-2-4-8(5-3-7)9-6-10;7-5-6-1-3-8-4-2-6;;/h4-7,13,15H,3,8-12H2,1-2H3;2-5,11,13H,6-10H2,1H3,(H,22,23);6-9,11H,4-5,10,12H2,1-3H3;4-8H,3,9H2,1-2H3;7H,4-6H2,1-3H3;5H,3-4,9H2,1-2H3;2-5H,1H3;6H,1-5H2;;1H2/q;;;;;;;;+1;/p-1. The number of carbonyl (C=O) groups excluding carboxylic acids is 12. The van der Waals surface area contributed by atoms with Crippen LogP contribution in [0.5, 0.6) is 0 Å². The van der Waals surface area contributed by atoms with Gasteiger partial charge in [-0.2, -0.15) is 4.99 Å². The number of Topliss-reactive ketones (excluding diaryl/α,β-unsaturated/α-hetero) is 1. The molecule has 3 fully saturated rings. The molecule has 770 valence electrons. The third-order valence-electron chi connectivity index (χ3n) is 20.5. The number of aliphatic imine (C=N–C) groups is 1. The Hall–Kier alpha value is -13.6. The molecular formula is C103H129BrLiN7O31. The van der Waals surface area contributed by atoms with Crippen molar-refractivity contribution in [1.82, 2.24) is 18.3 Å². The molecule has 4 aliphatic heterocycles. The Balaban J connectivity index is 0.000000565. The first-order chi connectivity index (χ1) is 67.6. The minimum absolute atomic E-state index is 0. The fourth-order valence-corrected chi connectivity index (χ4v) is 13.7. The summed E-state index contributed by atoms with van der Waals surface area (Å²) in [4.78, 5) is 205. The van der Waals surface area contributed by atoms with Gasteiger partial charge in [0.1, 0.15) is 34.3 Å². The maximum absolute atomic E-state index is 13.0. The van der Waals surface area contributed by atoms with E-state index in [-0.39, 0.29) is 148 Å². The first kappa shape index (κ1) is 125. The van der Waals surface area contributed by atoms with Crippen molar-refractivity contribution >= 4 is 105 Å². The zero-order valence-electron chi connectivity index (χ0n) is 83.7. The topological polar surface area (TPSA) is 513 Å². The van der Waals surface area contributed by atoms with Crippen molar-refractivity contribution in [3.05, 3.63) is 267 Å². The van der Waals surface area contributed by atoms with E-state index in [1.165, 1.54) is 46.4 Å². The molecule has 6 heterocycles. The number of aromatic carboxylic acids is 1. The summed E-state index contributed by atoms with van der Waals surface area (Å²) >= 11 is 3.46. The van der Waals surface area contributed by atoms with Gasteiger partial charge in [0.15, 0.2) is 11.1 Å². The number of isocyanates is 1. The predicted molar refractivity (Wildman–Crippen MR) is 528 cm³/mol. The molecule has 0 saturated carbocycles. The number of carbonyl (C=O) groups is 12. The van der Waals surface area contributed by atoms with Crippen LogP contribution in [0.3, 0.4) is 0 Å². The molecule has 11 rings (SSSR count). The van der Waals surface area contributed by atoms with Crippen LogP contribution in [-0.4, -0.2) is 211 Å². The number of nitrogens with two attached hydrogens (primary N) is 1. The number of ketones is 1. The Morgan fingerprint density at radius 1 is 0.455 bits per heavy atom. The summed E-state index contributed by atoms with van der Waals surface area (Å²) in [5, 5.41) is 10.5. The second-order valence-electron chi connectivity index (χ2n) is 31.1. The number of amides is 2. The molecule has 0 atom stereocenters. The van der Waals surface area contributed by atoms with Gasteiger partial charge in [-0.25, -0.2) is 71.6 Å². The van der Waals surface area contributed by atoms with E-state index in [1.807, 2.05) is 83.1 Å². The monoisotopic (exact) mass is 2050 g/mol. The van der Waals surface area contributed by atoms with E-state index in [2.05, 4.69) is 39.9 Å². The molecule has 7 aromatic rings. The number of rotatable bonds is 32. The molecule has 143 heavy (non-hydrogen) atoms. The molecule has 5 aromatic carbocycles. The van der Waals surface area contributed by atoms with Crippen LogP contribution in [0.25, 0.3) is 11.4 Å². The number of carboxylic acid groups (broad SMARTS) is 1. The number of anilines is 1. The molecule has 4 aliphatic rings.